The number of ketones is 1. The molecule has 1 heterocycles. The molecule has 0 aromatic heterocycles. The highest BCUT2D eigenvalue weighted by molar-refractivity contribution is 9.10. The van der Waals surface area contributed by atoms with Gasteiger partial charge in [0.15, 0.2) is 0 Å². The first-order valence-electron chi connectivity index (χ1n) is 5.62. The molecule has 1 aromatic rings. The second-order valence-electron chi connectivity index (χ2n) is 4.15. The van der Waals surface area contributed by atoms with Crippen LogP contribution in [-0.2, 0) is 16.0 Å². The lowest BCUT2D eigenvalue weighted by molar-refractivity contribution is -0.120. The SMILES string of the molecule is O=C(Cc1ccccc1Br)CC1CCCO1. The second kappa shape index (κ2) is 5.60. The normalized spacial score (nSPS) is 19.9. The van der Waals surface area contributed by atoms with Crippen LogP contribution in [0.25, 0.3) is 0 Å². The lowest BCUT2D eigenvalue weighted by Gasteiger charge is -2.08. The highest BCUT2D eigenvalue weighted by Gasteiger charge is 2.19. The summed E-state index contributed by atoms with van der Waals surface area (Å²) in [6, 6.07) is 7.86. The molecule has 0 bridgehead atoms. The smallest absolute Gasteiger partial charge is 0.139 e. The first kappa shape index (κ1) is 11.8. The molecule has 3 heteroatoms. The quantitative estimate of drug-likeness (QED) is 0.848. The van der Waals surface area contributed by atoms with Crippen molar-refractivity contribution in [3.63, 3.8) is 0 Å². The minimum Gasteiger partial charge on any atom is -0.378 e. The summed E-state index contributed by atoms with van der Waals surface area (Å²) in [7, 11) is 0. The summed E-state index contributed by atoms with van der Waals surface area (Å²) < 4.78 is 6.47. The number of carbonyl (C=O) groups is 1. The van der Waals surface area contributed by atoms with Gasteiger partial charge in [0.05, 0.1) is 6.10 Å². The fraction of sp³-hybridized carbons (Fsp3) is 0.462. The van der Waals surface area contributed by atoms with Gasteiger partial charge >= 0.3 is 0 Å². The zero-order valence-corrected chi connectivity index (χ0v) is 10.7. The van der Waals surface area contributed by atoms with Crippen LogP contribution >= 0.6 is 15.9 Å². The van der Waals surface area contributed by atoms with Gasteiger partial charge in [-0.2, -0.15) is 0 Å². The molecule has 1 atom stereocenters. The van der Waals surface area contributed by atoms with Crippen LogP contribution in [0, 0.1) is 0 Å². The van der Waals surface area contributed by atoms with E-state index >= 15 is 0 Å². The maximum atomic E-state index is 11.8. The predicted octanol–water partition coefficient (Wildman–Crippen LogP) is 3.13. The van der Waals surface area contributed by atoms with E-state index in [1.807, 2.05) is 24.3 Å². The van der Waals surface area contributed by atoms with Gasteiger partial charge in [-0.1, -0.05) is 34.1 Å². The third-order valence-electron chi connectivity index (χ3n) is 2.82. The van der Waals surface area contributed by atoms with E-state index in [1.54, 1.807) is 0 Å². The van der Waals surface area contributed by atoms with E-state index in [0.717, 1.165) is 29.5 Å². The van der Waals surface area contributed by atoms with Gasteiger partial charge in [-0.15, -0.1) is 0 Å². The number of hydrogen-bond donors (Lipinski definition) is 0. The molecule has 1 unspecified atom stereocenters. The molecule has 0 spiro atoms. The average molecular weight is 283 g/mol. The Bertz CT molecular complexity index is 370. The van der Waals surface area contributed by atoms with Crippen LogP contribution in [-0.4, -0.2) is 18.5 Å². The molecule has 0 radical (unpaired) electrons. The van der Waals surface area contributed by atoms with Gasteiger partial charge < -0.3 is 4.74 Å². The van der Waals surface area contributed by atoms with E-state index in [0.29, 0.717) is 12.8 Å². The van der Waals surface area contributed by atoms with Crippen LogP contribution in [0.15, 0.2) is 28.7 Å². The van der Waals surface area contributed by atoms with E-state index in [1.165, 1.54) is 0 Å². The Hall–Kier alpha value is -0.670. The van der Waals surface area contributed by atoms with Crippen molar-refractivity contribution in [3.05, 3.63) is 34.3 Å². The van der Waals surface area contributed by atoms with Gasteiger partial charge in [0.2, 0.25) is 0 Å². The maximum absolute atomic E-state index is 11.8. The van der Waals surface area contributed by atoms with Crippen molar-refractivity contribution >= 4 is 21.7 Å². The molecule has 0 amide bonds. The number of carbonyl (C=O) groups excluding carboxylic acids is 1. The van der Waals surface area contributed by atoms with Gasteiger partial charge in [-0.3, -0.25) is 4.79 Å². The Morgan fingerprint density at radius 1 is 1.44 bits per heavy atom. The Labute approximate surface area is 104 Å². The largest absolute Gasteiger partial charge is 0.378 e. The molecule has 0 N–H and O–H groups in total. The van der Waals surface area contributed by atoms with Crippen molar-refractivity contribution in [2.45, 2.75) is 31.8 Å². The summed E-state index contributed by atoms with van der Waals surface area (Å²) in [5.41, 5.74) is 1.06. The Kier molecular flexibility index (Phi) is 4.13. The van der Waals surface area contributed by atoms with Crippen LogP contribution in [0.4, 0.5) is 0 Å². The molecular weight excluding hydrogens is 268 g/mol. The standard InChI is InChI=1S/C13H15BrO2/c14-13-6-2-1-4-10(13)8-11(15)9-12-5-3-7-16-12/h1-2,4,6,12H,3,5,7-9H2. The van der Waals surface area contributed by atoms with Crippen molar-refractivity contribution in [2.75, 3.05) is 6.61 Å². The highest BCUT2D eigenvalue weighted by atomic mass is 79.9. The third-order valence-corrected chi connectivity index (χ3v) is 3.60. The minimum atomic E-state index is 0.162. The van der Waals surface area contributed by atoms with Crippen LogP contribution in [0.3, 0.4) is 0 Å². The Morgan fingerprint density at radius 2 is 2.25 bits per heavy atom. The number of halogens is 1. The average Bonchev–Trinajstić information content (AvgIpc) is 2.74. The summed E-state index contributed by atoms with van der Waals surface area (Å²) >= 11 is 3.45. The first-order chi connectivity index (χ1) is 7.75. The monoisotopic (exact) mass is 282 g/mol. The van der Waals surface area contributed by atoms with E-state index in [2.05, 4.69) is 15.9 Å². The second-order valence-corrected chi connectivity index (χ2v) is 5.00. The molecule has 1 aliphatic rings. The van der Waals surface area contributed by atoms with Gasteiger partial charge in [0.25, 0.3) is 0 Å². The van der Waals surface area contributed by atoms with E-state index in [4.69, 9.17) is 4.74 Å². The fourth-order valence-corrected chi connectivity index (χ4v) is 2.41. The third kappa shape index (κ3) is 3.16. The molecule has 1 aliphatic heterocycles. The van der Waals surface area contributed by atoms with E-state index in [-0.39, 0.29) is 11.9 Å². The fourth-order valence-electron chi connectivity index (χ4n) is 1.99. The van der Waals surface area contributed by atoms with Crippen molar-refractivity contribution in [1.82, 2.24) is 0 Å². The molecule has 2 nitrogen and oxygen atoms in total. The van der Waals surface area contributed by atoms with Gasteiger partial charge in [-0.05, 0) is 24.5 Å². The van der Waals surface area contributed by atoms with Crippen LogP contribution < -0.4 is 0 Å². The van der Waals surface area contributed by atoms with Crippen LogP contribution in [0.2, 0.25) is 0 Å². The summed E-state index contributed by atoms with van der Waals surface area (Å²) in [6.45, 7) is 0.812. The Balaban J connectivity index is 1.89. The van der Waals surface area contributed by atoms with Gasteiger partial charge in [0, 0.05) is 23.9 Å². The molecule has 0 aliphatic carbocycles. The van der Waals surface area contributed by atoms with Crippen molar-refractivity contribution in [1.29, 1.82) is 0 Å². The van der Waals surface area contributed by atoms with Crippen LogP contribution in [0.1, 0.15) is 24.8 Å². The predicted molar refractivity (Wildman–Crippen MR) is 66.4 cm³/mol. The molecule has 1 saturated heterocycles. The topological polar surface area (TPSA) is 26.3 Å². The number of benzene rings is 1. The highest BCUT2D eigenvalue weighted by Crippen LogP contribution is 2.20. The summed E-state index contributed by atoms with van der Waals surface area (Å²) in [5, 5.41) is 0. The zero-order valence-electron chi connectivity index (χ0n) is 9.12. The van der Waals surface area contributed by atoms with Crippen molar-refractivity contribution < 1.29 is 9.53 Å². The molecule has 16 heavy (non-hydrogen) atoms. The number of ether oxygens (including phenoxy) is 1. The minimum absolute atomic E-state index is 0.162. The Morgan fingerprint density at radius 3 is 2.94 bits per heavy atom. The molecular formula is C13H15BrO2. The van der Waals surface area contributed by atoms with Crippen molar-refractivity contribution in [2.24, 2.45) is 0 Å². The molecule has 0 saturated carbocycles. The van der Waals surface area contributed by atoms with E-state index < -0.39 is 0 Å². The number of rotatable bonds is 4. The van der Waals surface area contributed by atoms with Crippen molar-refractivity contribution in [3.8, 4) is 0 Å². The molecule has 1 aromatic carbocycles. The molecule has 86 valence electrons. The number of hydrogen-bond acceptors (Lipinski definition) is 2. The van der Waals surface area contributed by atoms with E-state index in [9.17, 15) is 4.79 Å². The number of Topliss-reactive ketones (excluding diaryl/α,β-unsaturated/α-hetero) is 1. The first-order valence-corrected chi connectivity index (χ1v) is 6.41. The van der Waals surface area contributed by atoms with Crippen LogP contribution in [0.5, 0.6) is 0 Å². The maximum Gasteiger partial charge on any atom is 0.139 e. The zero-order chi connectivity index (χ0) is 11.4. The summed E-state index contributed by atoms with van der Waals surface area (Å²) in [5.74, 6) is 0.263. The van der Waals surface area contributed by atoms with Gasteiger partial charge in [0.1, 0.15) is 5.78 Å². The molecule has 1 fully saturated rings. The lowest BCUT2D eigenvalue weighted by atomic mass is 10.0. The molecule has 2 rings (SSSR count). The summed E-state index contributed by atoms with van der Waals surface area (Å²) in [6.07, 6.45) is 3.34. The lowest BCUT2D eigenvalue weighted by Crippen LogP contribution is -2.14. The summed E-state index contributed by atoms with van der Waals surface area (Å²) in [4.78, 5) is 11.8. The van der Waals surface area contributed by atoms with Gasteiger partial charge in [-0.25, -0.2) is 0 Å².